The van der Waals surface area contributed by atoms with Gasteiger partial charge < -0.3 is 9.64 Å². The average Bonchev–Trinajstić information content (AvgIpc) is 2.70. The number of unbranched alkanes of at least 4 members (excludes halogenated alkanes) is 1. The maximum atomic E-state index is 15.8. The van der Waals surface area contributed by atoms with E-state index in [0.29, 0.717) is 13.0 Å². The number of hydrogen-bond acceptors (Lipinski definition) is 2. The molecule has 0 aromatic heterocycles. The van der Waals surface area contributed by atoms with Crippen molar-refractivity contribution in [3.63, 3.8) is 0 Å². The van der Waals surface area contributed by atoms with E-state index in [1.54, 1.807) is 0 Å². The minimum absolute atomic E-state index is 0.535. The van der Waals surface area contributed by atoms with E-state index in [1.165, 1.54) is 5.56 Å². The molecule has 2 unspecified atom stereocenters. The minimum Gasteiger partial charge on any atom is -0.345 e. The average molecular weight is 301 g/mol. The van der Waals surface area contributed by atoms with Crippen LogP contribution in [0.2, 0.25) is 0 Å². The summed E-state index contributed by atoms with van der Waals surface area (Å²) in [6, 6.07) is 6.19. The predicted octanol–water partition coefficient (Wildman–Crippen LogP) is 4.17. The lowest BCUT2D eigenvalue weighted by Gasteiger charge is -2.54. The SMILES string of the molecule is C#CCCN1c2ccc(CCCC)cc2C2(F)C1OC2(C)C. The molecular formula is C19H24FNO. The molecule has 0 N–H and O–H groups in total. The fourth-order valence-corrected chi connectivity index (χ4v) is 3.63. The molecule has 2 heterocycles. The number of hydrogen-bond donors (Lipinski definition) is 0. The van der Waals surface area contributed by atoms with E-state index in [-0.39, 0.29) is 0 Å². The van der Waals surface area contributed by atoms with E-state index in [4.69, 9.17) is 11.2 Å². The fourth-order valence-electron chi connectivity index (χ4n) is 3.63. The number of benzene rings is 1. The first-order valence-corrected chi connectivity index (χ1v) is 8.16. The van der Waals surface area contributed by atoms with Crippen LogP contribution in [-0.4, -0.2) is 18.4 Å². The summed E-state index contributed by atoms with van der Waals surface area (Å²) in [5, 5.41) is 0. The lowest BCUT2D eigenvalue weighted by atomic mass is 9.76. The number of aryl methyl sites for hydroxylation is 1. The van der Waals surface area contributed by atoms with Gasteiger partial charge in [0.15, 0.2) is 6.23 Å². The summed E-state index contributed by atoms with van der Waals surface area (Å²) >= 11 is 0. The highest BCUT2D eigenvalue weighted by Gasteiger charge is 2.71. The molecule has 0 radical (unpaired) electrons. The fraction of sp³-hybridized carbons (Fsp3) is 0.579. The first-order valence-electron chi connectivity index (χ1n) is 8.16. The molecule has 0 amide bonds. The largest absolute Gasteiger partial charge is 0.345 e. The number of rotatable bonds is 5. The van der Waals surface area contributed by atoms with Crippen LogP contribution >= 0.6 is 0 Å². The van der Waals surface area contributed by atoms with Crippen LogP contribution in [0.3, 0.4) is 0 Å². The molecule has 0 bridgehead atoms. The zero-order valence-electron chi connectivity index (χ0n) is 13.7. The van der Waals surface area contributed by atoms with Crippen molar-refractivity contribution >= 4 is 5.69 Å². The molecule has 1 aromatic carbocycles. The van der Waals surface area contributed by atoms with Crippen LogP contribution in [0.15, 0.2) is 18.2 Å². The van der Waals surface area contributed by atoms with Crippen molar-refractivity contribution in [3.8, 4) is 12.3 Å². The molecule has 2 atom stereocenters. The summed E-state index contributed by atoms with van der Waals surface area (Å²) < 4.78 is 21.7. The van der Waals surface area contributed by atoms with E-state index >= 15 is 4.39 Å². The van der Waals surface area contributed by atoms with Crippen LogP contribution < -0.4 is 4.90 Å². The molecule has 0 aliphatic carbocycles. The Hall–Kier alpha value is -1.53. The van der Waals surface area contributed by atoms with Crippen molar-refractivity contribution in [3.05, 3.63) is 29.3 Å². The van der Waals surface area contributed by atoms with Gasteiger partial charge in [-0.25, -0.2) is 4.39 Å². The molecule has 0 saturated carbocycles. The van der Waals surface area contributed by atoms with Crippen molar-refractivity contribution in [2.24, 2.45) is 0 Å². The van der Waals surface area contributed by atoms with Crippen LogP contribution in [0.1, 0.15) is 51.2 Å². The van der Waals surface area contributed by atoms with Crippen molar-refractivity contribution in [1.82, 2.24) is 0 Å². The second-order valence-corrected chi connectivity index (χ2v) is 6.79. The highest BCUT2D eigenvalue weighted by atomic mass is 19.1. The number of anilines is 1. The van der Waals surface area contributed by atoms with Gasteiger partial charge in [-0.1, -0.05) is 25.5 Å². The molecule has 1 saturated heterocycles. The second kappa shape index (κ2) is 5.28. The molecule has 0 spiro atoms. The third-order valence-corrected chi connectivity index (χ3v) is 4.98. The summed E-state index contributed by atoms with van der Waals surface area (Å²) in [6.45, 7) is 6.46. The standard InChI is InChI=1S/C19H24FNO/c1-5-7-9-14-10-11-16-15(13-14)19(20)17(22-18(19,3)4)21(16)12-8-6-2/h2,10-11,13,17H,5,7-9,12H2,1,3-4H3. The number of ether oxygens (including phenoxy) is 1. The smallest absolute Gasteiger partial charge is 0.210 e. The van der Waals surface area contributed by atoms with Crippen molar-refractivity contribution in [2.45, 2.75) is 64.0 Å². The molecule has 22 heavy (non-hydrogen) atoms. The van der Waals surface area contributed by atoms with Gasteiger partial charge in [0, 0.05) is 24.2 Å². The van der Waals surface area contributed by atoms with Gasteiger partial charge in [0.2, 0.25) is 5.67 Å². The van der Waals surface area contributed by atoms with Gasteiger partial charge in [-0.05, 0) is 38.3 Å². The van der Waals surface area contributed by atoms with Crippen LogP contribution in [0.4, 0.5) is 10.1 Å². The van der Waals surface area contributed by atoms with Crippen LogP contribution in [-0.2, 0) is 16.8 Å². The molecule has 3 heteroatoms. The Balaban J connectivity index is 1.99. The Kier molecular flexibility index (Phi) is 3.69. The lowest BCUT2D eigenvalue weighted by molar-refractivity contribution is -0.306. The summed E-state index contributed by atoms with van der Waals surface area (Å²) in [7, 11) is 0. The van der Waals surface area contributed by atoms with Crippen LogP contribution in [0.5, 0.6) is 0 Å². The van der Waals surface area contributed by atoms with E-state index in [2.05, 4.69) is 18.9 Å². The van der Waals surface area contributed by atoms with Crippen molar-refractivity contribution in [1.29, 1.82) is 0 Å². The number of fused-ring (bicyclic) bond motifs is 3. The van der Waals surface area contributed by atoms with Crippen molar-refractivity contribution < 1.29 is 9.13 Å². The molecule has 1 aromatic rings. The Labute approximate surface area is 132 Å². The van der Waals surface area contributed by atoms with Crippen LogP contribution in [0.25, 0.3) is 0 Å². The van der Waals surface area contributed by atoms with Gasteiger partial charge in [0.05, 0.1) is 0 Å². The van der Waals surface area contributed by atoms with Gasteiger partial charge >= 0.3 is 0 Å². The summed E-state index contributed by atoms with van der Waals surface area (Å²) in [5.74, 6) is 2.64. The Morgan fingerprint density at radius 2 is 2.18 bits per heavy atom. The molecule has 2 aliphatic heterocycles. The second-order valence-electron chi connectivity index (χ2n) is 6.79. The van der Waals surface area contributed by atoms with Gasteiger partial charge in [-0.2, -0.15) is 0 Å². The summed E-state index contributed by atoms with van der Waals surface area (Å²) in [5.41, 5.74) is 0.686. The number of terminal acetylenes is 1. The highest BCUT2D eigenvalue weighted by Crippen LogP contribution is 2.61. The van der Waals surface area contributed by atoms with Gasteiger partial charge in [-0.3, -0.25) is 0 Å². The number of alkyl halides is 1. The first-order chi connectivity index (χ1) is 10.5. The van der Waals surface area contributed by atoms with E-state index in [9.17, 15) is 0 Å². The lowest BCUT2D eigenvalue weighted by Crippen LogP contribution is -2.68. The highest BCUT2D eigenvalue weighted by molar-refractivity contribution is 5.66. The summed E-state index contributed by atoms with van der Waals surface area (Å²) in [6.07, 6.45) is 8.70. The Morgan fingerprint density at radius 1 is 1.41 bits per heavy atom. The molecule has 2 aliphatic rings. The third-order valence-electron chi connectivity index (χ3n) is 4.98. The summed E-state index contributed by atoms with van der Waals surface area (Å²) in [4.78, 5) is 1.99. The quantitative estimate of drug-likeness (QED) is 0.757. The normalized spacial score (nSPS) is 27.8. The topological polar surface area (TPSA) is 12.5 Å². The number of halogens is 1. The zero-order chi connectivity index (χ0) is 16.0. The van der Waals surface area contributed by atoms with Crippen LogP contribution in [0, 0.1) is 12.3 Å². The monoisotopic (exact) mass is 301 g/mol. The maximum absolute atomic E-state index is 15.8. The molecule has 1 fully saturated rings. The van der Waals surface area contributed by atoms with Gasteiger partial charge in [0.1, 0.15) is 5.60 Å². The van der Waals surface area contributed by atoms with E-state index in [0.717, 1.165) is 30.5 Å². The van der Waals surface area contributed by atoms with Gasteiger partial charge in [0.25, 0.3) is 0 Å². The molecule has 2 nitrogen and oxygen atoms in total. The van der Waals surface area contributed by atoms with E-state index < -0.39 is 17.5 Å². The zero-order valence-corrected chi connectivity index (χ0v) is 13.7. The molecule has 118 valence electrons. The van der Waals surface area contributed by atoms with Gasteiger partial charge in [-0.15, -0.1) is 12.3 Å². The first kappa shape index (κ1) is 15.4. The number of nitrogens with zero attached hydrogens (tertiary/aromatic N) is 1. The molecular weight excluding hydrogens is 277 g/mol. The molecule has 3 rings (SSSR count). The minimum atomic E-state index is -1.45. The van der Waals surface area contributed by atoms with E-state index in [1.807, 2.05) is 30.9 Å². The maximum Gasteiger partial charge on any atom is 0.210 e. The Morgan fingerprint density at radius 3 is 2.82 bits per heavy atom. The predicted molar refractivity (Wildman–Crippen MR) is 87.6 cm³/mol. The third kappa shape index (κ3) is 1.97. The Bertz CT molecular complexity index is 618. The van der Waals surface area contributed by atoms with Crippen molar-refractivity contribution in [2.75, 3.05) is 11.4 Å².